The quantitative estimate of drug-likeness (QED) is 0.833. The molecule has 0 spiro atoms. The Bertz CT molecular complexity index is 312. The predicted octanol–water partition coefficient (Wildman–Crippen LogP) is 2.61. The average molecular weight is 261 g/mol. The van der Waals surface area contributed by atoms with E-state index < -0.39 is 0 Å². The molecule has 4 heteroatoms. The Morgan fingerprint density at radius 3 is 2.14 bits per heavy atom. The molecule has 0 unspecified atom stereocenters. The Labute approximate surface area is 92.1 Å². The van der Waals surface area contributed by atoms with Gasteiger partial charge in [0.15, 0.2) is 11.5 Å². The first kappa shape index (κ1) is 11.3. The summed E-state index contributed by atoms with van der Waals surface area (Å²) >= 11 is 3.44. The fraction of sp³-hybridized carbons (Fsp3) is 0.400. The SMILES string of the molecule is COCc1cc(OC)c(OC)cc1Br. The van der Waals surface area contributed by atoms with Crippen LogP contribution < -0.4 is 9.47 Å². The van der Waals surface area contributed by atoms with Gasteiger partial charge in [0.2, 0.25) is 0 Å². The Balaban J connectivity index is 3.09. The van der Waals surface area contributed by atoms with Crippen molar-refractivity contribution >= 4 is 15.9 Å². The van der Waals surface area contributed by atoms with E-state index in [0.29, 0.717) is 18.1 Å². The highest BCUT2D eigenvalue weighted by molar-refractivity contribution is 9.10. The molecule has 78 valence electrons. The summed E-state index contributed by atoms with van der Waals surface area (Å²) in [4.78, 5) is 0. The Morgan fingerprint density at radius 2 is 1.64 bits per heavy atom. The van der Waals surface area contributed by atoms with Crippen molar-refractivity contribution in [3.8, 4) is 11.5 Å². The first-order valence-corrected chi connectivity index (χ1v) is 4.91. The second-order valence-electron chi connectivity index (χ2n) is 2.73. The normalized spacial score (nSPS) is 10.0. The lowest BCUT2D eigenvalue weighted by molar-refractivity contribution is 0.184. The highest BCUT2D eigenvalue weighted by Crippen LogP contribution is 2.33. The summed E-state index contributed by atoms with van der Waals surface area (Å²) < 4.78 is 16.3. The van der Waals surface area contributed by atoms with Crippen LogP contribution in [0.5, 0.6) is 11.5 Å². The Kier molecular flexibility index (Phi) is 4.22. The first-order chi connectivity index (χ1) is 6.72. The van der Waals surface area contributed by atoms with Crippen molar-refractivity contribution in [1.82, 2.24) is 0 Å². The molecule has 0 saturated carbocycles. The number of hydrogen-bond donors (Lipinski definition) is 0. The third kappa shape index (κ3) is 2.39. The molecular weight excluding hydrogens is 248 g/mol. The molecule has 0 aliphatic rings. The van der Waals surface area contributed by atoms with Crippen LogP contribution in [0.3, 0.4) is 0 Å². The van der Waals surface area contributed by atoms with Crippen molar-refractivity contribution in [3.63, 3.8) is 0 Å². The van der Waals surface area contributed by atoms with Gasteiger partial charge in [-0.3, -0.25) is 0 Å². The highest BCUT2D eigenvalue weighted by Gasteiger charge is 2.08. The van der Waals surface area contributed by atoms with Crippen LogP contribution in [0.25, 0.3) is 0 Å². The number of halogens is 1. The van der Waals surface area contributed by atoms with Crippen LogP contribution in [-0.4, -0.2) is 21.3 Å². The van der Waals surface area contributed by atoms with E-state index in [-0.39, 0.29) is 0 Å². The van der Waals surface area contributed by atoms with Crippen molar-refractivity contribution in [1.29, 1.82) is 0 Å². The van der Waals surface area contributed by atoms with Gasteiger partial charge in [-0.1, -0.05) is 15.9 Å². The van der Waals surface area contributed by atoms with Crippen LogP contribution >= 0.6 is 15.9 Å². The standard InChI is InChI=1S/C10H13BrO3/c1-12-6-7-4-9(13-2)10(14-3)5-8(7)11/h4-5H,6H2,1-3H3. The summed E-state index contributed by atoms with van der Waals surface area (Å²) in [6, 6.07) is 3.76. The summed E-state index contributed by atoms with van der Waals surface area (Å²) in [7, 11) is 4.88. The molecule has 0 amide bonds. The van der Waals surface area contributed by atoms with Crippen LogP contribution in [0.1, 0.15) is 5.56 Å². The molecule has 1 rings (SSSR count). The molecular formula is C10H13BrO3. The molecule has 0 saturated heterocycles. The van der Waals surface area contributed by atoms with Gasteiger partial charge in [0.25, 0.3) is 0 Å². The average Bonchev–Trinajstić information content (AvgIpc) is 2.20. The van der Waals surface area contributed by atoms with Crippen molar-refractivity contribution in [2.24, 2.45) is 0 Å². The molecule has 0 heterocycles. The van der Waals surface area contributed by atoms with Gasteiger partial charge in [0.05, 0.1) is 20.8 Å². The maximum atomic E-state index is 5.18. The van der Waals surface area contributed by atoms with Gasteiger partial charge >= 0.3 is 0 Å². The fourth-order valence-corrected chi connectivity index (χ4v) is 1.60. The van der Waals surface area contributed by atoms with Gasteiger partial charge in [-0.15, -0.1) is 0 Å². The zero-order valence-corrected chi connectivity index (χ0v) is 10.1. The van der Waals surface area contributed by atoms with E-state index in [1.165, 1.54) is 0 Å². The van der Waals surface area contributed by atoms with E-state index in [2.05, 4.69) is 15.9 Å². The lowest BCUT2D eigenvalue weighted by atomic mass is 10.2. The molecule has 1 aromatic rings. The Morgan fingerprint density at radius 1 is 1.07 bits per heavy atom. The van der Waals surface area contributed by atoms with Crippen LogP contribution in [0.15, 0.2) is 16.6 Å². The van der Waals surface area contributed by atoms with Crippen molar-refractivity contribution < 1.29 is 14.2 Å². The second kappa shape index (κ2) is 5.22. The minimum Gasteiger partial charge on any atom is -0.493 e. The largest absolute Gasteiger partial charge is 0.493 e. The van der Waals surface area contributed by atoms with Crippen molar-refractivity contribution in [2.45, 2.75) is 6.61 Å². The number of rotatable bonds is 4. The third-order valence-electron chi connectivity index (χ3n) is 1.85. The molecule has 0 aliphatic carbocycles. The van der Waals surface area contributed by atoms with E-state index in [1.54, 1.807) is 21.3 Å². The van der Waals surface area contributed by atoms with Gasteiger partial charge in [-0.25, -0.2) is 0 Å². The minimum absolute atomic E-state index is 0.543. The molecule has 0 N–H and O–H groups in total. The maximum Gasteiger partial charge on any atom is 0.161 e. The van der Waals surface area contributed by atoms with E-state index in [4.69, 9.17) is 14.2 Å². The molecule has 14 heavy (non-hydrogen) atoms. The van der Waals surface area contributed by atoms with E-state index >= 15 is 0 Å². The topological polar surface area (TPSA) is 27.7 Å². The number of methoxy groups -OCH3 is 3. The highest BCUT2D eigenvalue weighted by atomic mass is 79.9. The number of hydrogen-bond acceptors (Lipinski definition) is 3. The van der Waals surface area contributed by atoms with Gasteiger partial charge in [0, 0.05) is 11.6 Å². The number of benzene rings is 1. The zero-order chi connectivity index (χ0) is 10.6. The van der Waals surface area contributed by atoms with Crippen LogP contribution in [0.4, 0.5) is 0 Å². The smallest absolute Gasteiger partial charge is 0.161 e. The van der Waals surface area contributed by atoms with E-state index in [1.807, 2.05) is 12.1 Å². The summed E-state index contributed by atoms with van der Waals surface area (Å²) in [6.45, 7) is 0.543. The van der Waals surface area contributed by atoms with Gasteiger partial charge in [-0.05, 0) is 17.7 Å². The molecule has 0 bridgehead atoms. The Hall–Kier alpha value is -0.740. The molecule has 0 aromatic heterocycles. The van der Waals surface area contributed by atoms with Gasteiger partial charge < -0.3 is 14.2 Å². The summed E-state index contributed by atoms with van der Waals surface area (Å²) in [5.41, 5.74) is 1.03. The first-order valence-electron chi connectivity index (χ1n) is 4.12. The molecule has 1 aromatic carbocycles. The van der Waals surface area contributed by atoms with Gasteiger partial charge in [-0.2, -0.15) is 0 Å². The third-order valence-corrected chi connectivity index (χ3v) is 2.59. The van der Waals surface area contributed by atoms with Gasteiger partial charge in [0.1, 0.15) is 0 Å². The summed E-state index contributed by atoms with van der Waals surface area (Å²) in [5.74, 6) is 1.42. The van der Waals surface area contributed by atoms with Crippen LogP contribution in [0, 0.1) is 0 Å². The second-order valence-corrected chi connectivity index (χ2v) is 3.59. The maximum absolute atomic E-state index is 5.18. The number of ether oxygens (including phenoxy) is 3. The molecule has 0 radical (unpaired) electrons. The fourth-order valence-electron chi connectivity index (χ4n) is 1.16. The lowest BCUT2D eigenvalue weighted by Crippen LogP contribution is -1.95. The van der Waals surface area contributed by atoms with Crippen LogP contribution in [-0.2, 0) is 11.3 Å². The van der Waals surface area contributed by atoms with E-state index in [0.717, 1.165) is 10.0 Å². The van der Waals surface area contributed by atoms with E-state index in [9.17, 15) is 0 Å². The lowest BCUT2D eigenvalue weighted by Gasteiger charge is -2.11. The molecule has 0 fully saturated rings. The monoisotopic (exact) mass is 260 g/mol. The summed E-state index contributed by atoms with van der Waals surface area (Å²) in [5, 5.41) is 0. The van der Waals surface area contributed by atoms with Crippen molar-refractivity contribution in [2.75, 3.05) is 21.3 Å². The summed E-state index contributed by atoms with van der Waals surface area (Å²) in [6.07, 6.45) is 0. The predicted molar refractivity (Wildman–Crippen MR) is 58.0 cm³/mol. The van der Waals surface area contributed by atoms with Crippen LogP contribution in [0.2, 0.25) is 0 Å². The minimum atomic E-state index is 0.543. The molecule has 3 nitrogen and oxygen atoms in total. The zero-order valence-electron chi connectivity index (χ0n) is 8.46. The van der Waals surface area contributed by atoms with Crippen molar-refractivity contribution in [3.05, 3.63) is 22.2 Å². The molecule has 0 aliphatic heterocycles. The molecule has 0 atom stereocenters.